The Labute approximate surface area is 202 Å². The van der Waals surface area contributed by atoms with Crippen LogP contribution in [-0.4, -0.2) is 40.6 Å². The first kappa shape index (κ1) is 27.5. The molecule has 0 bridgehead atoms. The lowest BCUT2D eigenvalue weighted by atomic mass is 10.1. The zero-order valence-electron chi connectivity index (χ0n) is 18.2. The molecule has 31 heavy (non-hydrogen) atoms. The maximum Gasteiger partial charge on any atom is 0.416 e. The molecule has 0 aliphatic carbocycles. The van der Waals surface area contributed by atoms with E-state index in [9.17, 15) is 13.2 Å². The van der Waals surface area contributed by atoms with Gasteiger partial charge in [-0.3, -0.25) is 4.99 Å². The van der Waals surface area contributed by atoms with Crippen LogP contribution in [0.5, 0.6) is 0 Å². The minimum absolute atomic E-state index is 0. The van der Waals surface area contributed by atoms with Crippen LogP contribution in [0, 0.1) is 5.92 Å². The highest BCUT2D eigenvalue weighted by molar-refractivity contribution is 14.0. The largest absolute Gasteiger partial charge is 0.416 e. The molecule has 0 fully saturated rings. The molecule has 0 aliphatic heterocycles. The fraction of sp³-hybridized carbons (Fsp3) is 0.550. The van der Waals surface area contributed by atoms with Gasteiger partial charge in [0.1, 0.15) is 5.82 Å². The lowest BCUT2D eigenvalue weighted by Gasteiger charge is -2.14. The third-order valence-electron chi connectivity index (χ3n) is 4.36. The Morgan fingerprint density at radius 3 is 2.39 bits per heavy atom. The van der Waals surface area contributed by atoms with Crippen LogP contribution >= 0.6 is 35.7 Å². The summed E-state index contributed by atoms with van der Waals surface area (Å²) in [5, 5.41) is 15.8. The maximum absolute atomic E-state index is 12.6. The molecule has 0 amide bonds. The summed E-state index contributed by atoms with van der Waals surface area (Å²) in [6, 6.07) is 5.11. The number of aromatic nitrogens is 3. The summed E-state index contributed by atoms with van der Waals surface area (Å²) >= 11 is 1.59. The van der Waals surface area contributed by atoms with Gasteiger partial charge in [0, 0.05) is 33.1 Å². The predicted molar refractivity (Wildman–Crippen MR) is 130 cm³/mol. The van der Waals surface area contributed by atoms with Crippen LogP contribution in [0.1, 0.15) is 37.2 Å². The van der Waals surface area contributed by atoms with E-state index in [0.29, 0.717) is 25.0 Å². The van der Waals surface area contributed by atoms with Crippen molar-refractivity contribution in [3.8, 4) is 0 Å². The molecule has 0 saturated carbocycles. The monoisotopic (exact) mass is 570 g/mol. The molecule has 0 unspecified atom stereocenters. The molecule has 1 aromatic heterocycles. The summed E-state index contributed by atoms with van der Waals surface area (Å²) < 4.78 is 40.1. The van der Waals surface area contributed by atoms with Crippen molar-refractivity contribution in [2.24, 2.45) is 10.9 Å². The Balaban J connectivity index is 0.00000480. The van der Waals surface area contributed by atoms with Crippen LogP contribution in [-0.2, 0) is 25.7 Å². The molecule has 174 valence electrons. The molecule has 11 heteroatoms. The van der Waals surface area contributed by atoms with Gasteiger partial charge >= 0.3 is 6.18 Å². The van der Waals surface area contributed by atoms with E-state index in [1.165, 1.54) is 12.1 Å². The smallest absolute Gasteiger partial charge is 0.356 e. The van der Waals surface area contributed by atoms with Gasteiger partial charge < -0.3 is 15.2 Å². The van der Waals surface area contributed by atoms with E-state index >= 15 is 0 Å². The average molecular weight is 570 g/mol. The van der Waals surface area contributed by atoms with Crippen LogP contribution in [0.15, 0.2) is 34.4 Å². The van der Waals surface area contributed by atoms with Crippen molar-refractivity contribution >= 4 is 41.7 Å². The first-order chi connectivity index (χ1) is 14.2. The maximum atomic E-state index is 12.6. The van der Waals surface area contributed by atoms with E-state index in [0.717, 1.165) is 48.1 Å². The van der Waals surface area contributed by atoms with Gasteiger partial charge in [-0.1, -0.05) is 37.7 Å². The van der Waals surface area contributed by atoms with Crippen LogP contribution in [0.2, 0.25) is 0 Å². The highest BCUT2D eigenvalue weighted by Gasteiger charge is 2.29. The van der Waals surface area contributed by atoms with Crippen molar-refractivity contribution in [3.05, 3.63) is 41.2 Å². The molecule has 0 spiro atoms. The number of guanidine groups is 1. The molecule has 0 atom stereocenters. The highest BCUT2D eigenvalue weighted by atomic mass is 127. The number of benzene rings is 1. The van der Waals surface area contributed by atoms with Gasteiger partial charge in [0.05, 0.1) is 5.56 Å². The van der Waals surface area contributed by atoms with Gasteiger partial charge in [-0.2, -0.15) is 13.2 Å². The Morgan fingerprint density at radius 2 is 1.84 bits per heavy atom. The molecule has 2 N–H and O–H groups in total. The molecule has 2 aromatic rings. The number of hydrogen-bond acceptors (Lipinski definition) is 4. The van der Waals surface area contributed by atoms with E-state index in [-0.39, 0.29) is 24.0 Å². The summed E-state index contributed by atoms with van der Waals surface area (Å²) in [5.74, 6) is 2.09. The number of thioether (sulfide) groups is 1. The molecular weight excluding hydrogens is 540 g/mol. The normalized spacial score (nSPS) is 12.1. The Morgan fingerprint density at radius 1 is 1.16 bits per heavy atom. The van der Waals surface area contributed by atoms with Gasteiger partial charge in [0.2, 0.25) is 0 Å². The summed E-state index contributed by atoms with van der Waals surface area (Å²) in [7, 11) is 1.66. The number of aliphatic imine (C=N–C) groups is 1. The highest BCUT2D eigenvalue weighted by Crippen LogP contribution is 2.29. The van der Waals surface area contributed by atoms with Gasteiger partial charge in [-0.15, -0.1) is 34.2 Å². The topological polar surface area (TPSA) is 67.1 Å². The molecule has 1 heterocycles. The number of hydrogen-bond donors (Lipinski definition) is 2. The van der Waals surface area contributed by atoms with Gasteiger partial charge in [-0.25, -0.2) is 0 Å². The minimum Gasteiger partial charge on any atom is -0.356 e. The lowest BCUT2D eigenvalue weighted by molar-refractivity contribution is -0.137. The molecule has 0 aliphatic rings. The zero-order valence-corrected chi connectivity index (χ0v) is 21.3. The fourth-order valence-corrected chi connectivity index (χ4v) is 3.40. The van der Waals surface area contributed by atoms with Crippen molar-refractivity contribution in [1.82, 2.24) is 25.4 Å². The summed E-state index contributed by atoms with van der Waals surface area (Å²) in [6.45, 7) is 6.30. The molecule has 1 aromatic carbocycles. The van der Waals surface area contributed by atoms with Gasteiger partial charge in [0.15, 0.2) is 11.1 Å². The second-order valence-corrected chi connectivity index (χ2v) is 8.03. The number of alkyl halides is 3. The number of halogens is 4. The summed E-state index contributed by atoms with van der Waals surface area (Å²) in [4.78, 5) is 4.16. The average Bonchev–Trinajstić information content (AvgIpc) is 3.08. The van der Waals surface area contributed by atoms with Crippen LogP contribution in [0.3, 0.4) is 0 Å². The van der Waals surface area contributed by atoms with E-state index in [1.807, 2.05) is 6.26 Å². The molecular formula is C20H30F3IN6S. The third-order valence-corrected chi connectivity index (χ3v) is 5.03. The fourth-order valence-electron chi connectivity index (χ4n) is 2.87. The molecule has 0 radical (unpaired) electrons. The standard InChI is InChI=1S/C20H29F3N6S.HI/c1-14(2)13-29-17(27-28-19(29)30-4)6-5-11-25-18(24-3)26-12-15-7-9-16(10-8-15)20(21,22)23;/h7-10,14H,5-6,11-13H2,1-4H3,(H2,24,25,26);1H. The SMILES string of the molecule is CN=C(NCCCc1nnc(SC)n1CC(C)C)NCc1ccc(C(F)(F)F)cc1.I. The Kier molecular flexibility index (Phi) is 11.7. The number of nitrogens with zero attached hydrogens (tertiary/aromatic N) is 4. The van der Waals surface area contributed by atoms with Crippen molar-refractivity contribution in [2.45, 2.75) is 51.1 Å². The second-order valence-electron chi connectivity index (χ2n) is 7.26. The zero-order chi connectivity index (χ0) is 22.1. The van der Waals surface area contributed by atoms with Crippen molar-refractivity contribution < 1.29 is 13.2 Å². The third kappa shape index (κ3) is 8.87. The number of aryl methyl sites for hydroxylation is 1. The van der Waals surface area contributed by atoms with Gasteiger partial charge in [-0.05, 0) is 36.3 Å². The lowest BCUT2D eigenvalue weighted by Crippen LogP contribution is -2.37. The van der Waals surface area contributed by atoms with Crippen molar-refractivity contribution in [2.75, 3.05) is 19.8 Å². The number of rotatable bonds is 9. The Hall–Kier alpha value is -1.50. The van der Waals surface area contributed by atoms with E-state index < -0.39 is 11.7 Å². The second kappa shape index (κ2) is 13.1. The first-order valence-electron chi connectivity index (χ1n) is 9.81. The molecule has 2 rings (SSSR count). The van der Waals surface area contributed by atoms with E-state index in [4.69, 9.17) is 0 Å². The Bertz CT molecular complexity index is 821. The summed E-state index contributed by atoms with van der Waals surface area (Å²) in [5.41, 5.74) is 0.0982. The van der Waals surface area contributed by atoms with E-state index in [2.05, 4.69) is 44.2 Å². The minimum atomic E-state index is -4.32. The number of nitrogens with one attached hydrogen (secondary N) is 2. The predicted octanol–water partition coefficient (Wildman–Crippen LogP) is 4.59. The molecule has 6 nitrogen and oxygen atoms in total. The van der Waals surface area contributed by atoms with Crippen LogP contribution in [0.25, 0.3) is 0 Å². The quantitative estimate of drug-likeness (QED) is 0.152. The van der Waals surface area contributed by atoms with E-state index in [1.54, 1.807) is 18.8 Å². The van der Waals surface area contributed by atoms with Crippen molar-refractivity contribution in [1.29, 1.82) is 0 Å². The van der Waals surface area contributed by atoms with Gasteiger partial charge in [0.25, 0.3) is 0 Å². The molecule has 0 saturated heterocycles. The van der Waals surface area contributed by atoms with Crippen molar-refractivity contribution in [3.63, 3.8) is 0 Å². The first-order valence-corrected chi connectivity index (χ1v) is 11.0. The van der Waals surface area contributed by atoms with Crippen LogP contribution < -0.4 is 10.6 Å². The summed E-state index contributed by atoms with van der Waals surface area (Å²) in [6.07, 6.45) is -0.674. The van der Waals surface area contributed by atoms with Crippen LogP contribution in [0.4, 0.5) is 13.2 Å².